The monoisotopic (exact) mass is 371 g/mol. The van der Waals surface area contributed by atoms with E-state index < -0.39 is 11.9 Å². The summed E-state index contributed by atoms with van der Waals surface area (Å²) in [4.78, 5) is 22.3. The first-order chi connectivity index (χ1) is 12.6. The topological polar surface area (TPSA) is 116 Å². The predicted molar refractivity (Wildman–Crippen MR) is 96.9 cm³/mol. The second kappa shape index (κ2) is 7.87. The molecular formula is C17H17N5O3S. The number of carbonyl (C=O) groups is 2. The van der Waals surface area contributed by atoms with Crippen LogP contribution in [0.2, 0.25) is 0 Å². The maximum Gasteiger partial charge on any atom is 0.318 e. The molecule has 0 saturated carbocycles. The Morgan fingerprint density at radius 3 is 2.65 bits per heavy atom. The number of benzene rings is 1. The van der Waals surface area contributed by atoms with Gasteiger partial charge in [0.2, 0.25) is 5.91 Å². The molecule has 3 aromatic rings. The molecule has 0 radical (unpaired) electrons. The number of carbonyl (C=O) groups excluding carboxylic acids is 2. The summed E-state index contributed by atoms with van der Waals surface area (Å²) in [6.07, 6.45) is 1.74. The highest BCUT2D eigenvalue weighted by Crippen LogP contribution is 2.30. The van der Waals surface area contributed by atoms with Crippen molar-refractivity contribution in [2.75, 3.05) is 5.75 Å². The Bertz CT molecular complexity index is 920. The maximum absolute atomic E-state index is 11.6. The molecule has 0 spiro atoms. The highest BCUT2D eigenvalue weighted by atomic mass is 32.2. The van der Waals surface area contributed by atoms with Crippen molar-refractivity contribution < 1.29 is 14.0 Å². The molecule has 0 aliphatic heterocycles. The van der Waals surface area contributed by atoms with Gasteiger partial charge in [0.1, 0.15) is 5.76 Å². The molecule has 26 heavy (non-hydrogen) atoms. The first kappa shape index (κ1) is 17.7. The van der Waals surface area contributed by atoms with Crippen LogP contribution in [-0.4, -0.2) is 32.5 Å². The van der Waals surface area contributed by atoms with Gasteiger partial charge in [-0.25, -0.2) is 4.79 Å². The quantitative estimate of drug-likeness (QED) is 0.643. The molecule has 0 saturated heterocycles. The van der Waals surface area contributed by atoms with Gasteiger partial charge < -0.3 is 10.2 Å². The first-order valence-corrected chi connectivity index (χ1v) is 8.82. The number of aryl methyl sites for hydroxylation is 1. The van der Waals surface area contributed by atoms with Crippen molar-refractivity contribution in [2.45, 2.75) is 18.5 Å². The standard InChI is InChI=1S/C17H17N5O3S/c1-11-13(7-9-25-11)15-20-21-17(22(15)12-5-3-2-4-6-12)26-10-8-14(23)19-16(18)24/h2-7,9H,8,10H2,1H3,(H3,18,19,23,24). The van der Waals surface area contributed by atoms with E-state index in [1.165, 1.54) is 11.8 Å². The summed E-state index contributed by atoms with van der Waals surface area (Å²) in [6, 6.07) is 10.7. The van der Waals surface area contributed by atoms with Gasteiger partial charge in [-0.15, -0.1) is 10.2 Å². The second-order valence-corrected chi connectivity index (χ2v) is 6.44. The largest absolute Gasteiger partial charge is 0.469 e. The third-order valence-corrected chi connectivity index (χ3v) is 4.50. The number of furan rings is 1. The molecule has 134 valence electrons. The van der Waals surface area contributed by atoms with Gasteiger partial charge in [-0.3, -0.25) is 14.7 Å². The Morgan fingerprint density at radius 1 is 1.23 bits per heavy atom. The Hall–Kier alpha value is -3.07. The molecular weight excluding hydrogens is 354 g/mol. The molecule has 3 amide bonds. The zero-order valence-corrected chi connectivity index (χ0v) is 14.8. The number of aromatic nitrogens is 3. The Labute approximate surface area is 153 Å². The summed E-state index contributed by atoms with van der Waals surface area (Å²) in [5.74, 6) is 1.40. The number of rotatable bonds is 6. The minimum atomic E-state index is -0.856. The van der Waals surface area contributed by atoms with E-state index in [-0.39, 0.29) is 6.42 Å². The van der Waals surface area contributed by atoms with Crippen LogP contribution < -0.4 is 11.1 Å². The van der Waals surface area contributed by atoms with Crippen molar-refractivity contribution in [2.24, 2.45) is 5.73 Å². The van der Waals surface area contributed by atoms with Gasteiger partial charge in [0.05, 0.1) is 11.8 Å². The summed E-state index contributed by atoms with van der Waals surface area (Å²) >= 11 is 1.37. The number of imide groups is 1. The normalized spacial score (nSPS) is 10.7. The zero-order chi connectivity index (χ0) is 18.5. The fraction of sp³-hybridized carbons (Fsp3) is 0.176. The molecule has 0 aliphatic carbocycles. The number of hydrogen-bond acceptors (Lipinski definition) is 6. The van der Waals surface area contributed by atoms with E-state index >= 15 is 0 Å². The second-order valence-electron chi connectivity index (χ2n) is 5.38. The number of para-hydroxylation sites is 1. The number of nitrogens with zero attached hydrogens (tertiary/aromatic N) is 3. The molecule has 2 aromatic heterocycles. The van der Waals surface area contributed by atoms with Crippen LogP contribution in [0.1, 0.15) is 12.2 Å². The lowest BCUT2D eigenvalue weighted by Gasteiger charge is -2.09. The lowest BCUT2D eigenvalue weighted by atomic mass is 10.2. The summed E-state index contributed by atoms with van der Waals surface area (Å²) in [6.45, 7) is 1.86. The Morgan fingerprint density at radius 2 is 2.00 bits per heavy atom. The van der Waals surface area contributed by atoms with Gasteiger partial charge in [-0.05, 0) is 25.1 Å². The molecule has 2 heterocycles. The van der Waals surface area contributed by atoms with Gasteiger partial charge in [0.15, 0.2) is 11.0 Å². The number of urea groups is 1. The zero-order valence-electron chi connectivity index (χ0n) is 14.0. The molecule has 0 unspecified atom stereocenters. The van der Waals surface area contributed by atoms with Crippen LogP contribution in [0.5, 0.6) is 0 Å². The van der Waals surface area contributed by atoms with Crippen LogP contribution in [-0.2, 0) is 4.79 Å². The molecule has 3 rings (SSSR count). The van der Waals surface area contributed by atoms with Gasteiger partial charge in [0, 0.05) is 17.9 Å². The van der Waals surface area contributed by atoms with E-state index in [2.05, 4.69) is 10.2 Å². The molecule has 0 aliphatic rings. The van der Waals surface area contributed by atoms with E-state index in [4.69, 9.17) is 10.2 Å². The third kappa shape index (κ3) is 3.94. The minimum Gasteiger partial charge on any atom is -0.469 e. The number of thioether (sulfide) groups is 1. The Kier molecular flexibility index (Phi) is 5.37. The lowest BCUT2D eigenvalue weighted by Crippen LogP contribution is -2.35. The average molecular weight is 371 g/mol. The van der Waals surface area contributed by atoms with Crippen molar-refractivity contribution in [3.05, 3.63) is 48.4 Å². The van der Waals surface area contributed by atoms with Gasteiger partial charge >= 0.3 is 6.03 Å². The Balaban J connectivity index is 1.86. The van der Waals surface area contributed by atoms with Crippen LogP contribution >= 0.6 is 11.8 Å². The predicted octanol–water partition coefficient (Wildman–Crippen LogP) is 2.51. The number of nitrogens with two attached hydrogens (primary N) is 1. The van der Waals surface area contributed by atoms with E-state index in [0.717, 1.165) is 17.0 Å². The summed E-state index contributed by atoms with van der Waals surface area (Å²) in [7, 11) is 0. The first-order valence-electron chi connectivity index (χ1n) is 7.83. The number of primary amides is 1. The molecule has 9 heteroatoms. The summed E-state index contributed by atoms with van der Waals surface area (Å²) < 4.78 is 7.30. The summed E-state index contributed by atoms with van der Waals surface area (Å²) in [5, 5.41) is 11.2. The van der Waals surface area contributed by atoms with Gasteiger partial charge in [-0.1, -0.05) is 30.0 Å². The van der Waals surface area contributed by atoms with E-state index in [9.17, 15) is 9.59 Å². The fourth-order valence-corrected chi connectivity index (χ4v) is 3.29. The van der Waals surface area contributed by atoms with Crippen molar-refractivity contribution in [3.63, 3.8) is 0 Å². The maximum atomic E-state index is 11.6. The van der Waals surface area contributed by atoms with Crippen molar-refractivity contribution >= 4 is 23.7 Å². The highest BCUT2D eigenvalue weighted by Gasteiger charge is 2.19. The molecule has 8 nitrogen and oxygen atoms in total. The van der Waals surface area contributed by atoms with Crippen molar-refractivity contribution in [1.29, 1.82) is 0 Å². The number of hydrogen-bond donors (Lipinski definition) is 2. The molecule has 0 bridgehead atoms. The van der Waals surface area contributed by atoms with Crippen LogP contribution in [0, 0.1) is 6.92 Å². The van der Waals surface area contributed by atoms with Gasteiger partial charge in [0.25, 0.3) is 0 Å². The molecule has 0 fully saturated rings. The van der Waals surface area contributed by atoms with E-state index in [1.54, 1.807) is 6.26 Å². The molecule has 1 aromatic carbocycles. The van der Waals surface area contributed by atoms with Crippen LogP contribution in [0.25, 0.3) is 17.1 Å². The third-order valence-electron chi connectivity index (χ3n) is 3.57. The van der Waals surface area contributed by atoms with Crippen LogP contribution in [0.4, 0.5) is 4.79 Å². The fourth-order valence-electron chi connectivity index (χ4n) is 2.40. The smallest absolute Gasteiger partial charge is 0.318 e. The number of amides is 3. The van der Waals surface area contributed by atoms with E-state index in [0.29, 0.717) is 16.7 Å². The van der Waals surface area contributed by atoms with Crippen molar-refractivity contribution in [3.8, 4) is 17.1 Å². The van der Waals surface area contributed by atoms with Crippen molar-refractivity contribution in [1.82, 2.24) is 20.1 Å². The average Bonchev–Trinajstić information content (AvgIpc) is 3.21. The lowest BCUT2D eigenvalue weighted by molar-refractivity contribution is -0.119. The molecule has 3 N–H and O–H groups in total. The SMILES string of the molecule is Cc1occc1-c1nnc(SCCC(=O)NC(N)=O)n1-c1ccccc1. The summed E-state index contributed by atoms with van der Waals surface area (Å²) in [5.41, 5.74) is 6.68. The number of nitrogens with one attached hydrogen (secondary N) is 1. The van der Waals surface area contributed by atoms with E-state index in [1.807, 2.05) is 53.2 Å². The highest BCUT2D eigenvalue weighted by molar-refractivity contribution is 7.99. The van der Waals surface area contributed by atoms with Crippen LogP contribution in [0.15, 0.2) is 52.2 Å². The minimum absolute atomic E-state index is 0.134. The van der Waals surface area contributed by atoms with Gasteiger partial charge in [-0.2, -0.15) is 0 Å². The molecule has 0 atom stereocenters. The van der Waals surface area contributed by atoms with Crippen LogP contribution in [0.3, 0.4) is 0 Å².